The van der Waals surface area contributed by atoms with Gasteiger partial charge in [-0.2, -0.15) is 0 Å². The van der Waals surface area contributed by atoms with E-state index in [4.69, 9.17) is 5.11 Å². The molecular formula is C13H14N2O6. The third kappa shape index (κ3) is 2.84. The number of aliphatic carboxylic acids is 1. The third-order valence-corrected chi connectivity index (χ3v) is 3.47. The number of carboxylic acid groups (broad SMARTS) is 1. The van der Waals surface area contributed by atoms with E-state index < -0.39 is 28.9 Å². The smallest absolute Gasteiger partial charge is 0.326 e. The van der Waals surface area contributed by atoms with E-state index in [9.17, 15) is 24.8 Å². The van der Waals surface area contributed by atoms with Crippen LogP contribution in [0.1, 0.15) is 22.3 Å². The monoisotopic (exact) mass is 294 g/mol. The number of aliphatic hydroxyl groups is 1. The first-order chi connectivity index (χ1) is 9.81. The van der Waals surface area contributed by atoms with Gasteiger partial charge in [-0.25, -0.2) is 4.79 Å². The van der Waals surface area contributed by atoms with E-state index in [0.717, 1.165) is 4.90 Å². The molecule has 1 aliphatic rings. The zero-order chi connectivity index (χ0) is 15.7. The quantitative estimate of drug-likeness (QED) is 0.620. The van der Waals surface area contributed by atoms with Gasteiger partial charge < -0.3 is 15.1 Å². The fourth-order valence-corrected chi connectivity index (χ4v) is 2.43. The van der Waals surface area contributed by atoms with Crippen LogP contribution in [0.2, 0.25) is 0 Å². The lowest BCUT2D eigenvalue weighted by Gasteiger charge is -2.21. The van der Waals surface area contributed by atoms with Crippen molar-refractivity contribution in [2.75, 3.05) is 6.54 Å². The van der Waals surface area contributed by atoms with Crippen molar-refractivity contribution in [1.82, 2.24) is 4.90 Å². The molecule has 112 valence electrons. The molecule has 2 atom stereocenters. The summed E-state index contributed by atoms with van der Waals surface area (Å²) in [6.45, 7) is 1.44. The van der Waals surface area contributed by atoms with Crippen LogP contribution in [0.3, 0.4) is 0 Å². The van der Waals surface area contributed by atoms with Gasteiger partial charge in [0, 0.05) is 30.2 Å². The Kier molecular flexibility index (Phi) is 3.90. The van der Waals surface area contributed by atoms with Gasteiger partial charge in [0.25, 0.3) is 11.6 Å². The van der Waals surface area contributed by atoms with Gasteiger partial charge in [0.15, 0.2) is 0 Å². The zero-order valence-electron chi connectivity index (χ0n) is 11.2. The molecule has 8 nitrogen and oxygen atoms in total. The lowest BCUT2D eigenvalue weighted by molar-refractivity contribution is -0.385. The van der Waals surface area contributed by atoms with E-state index in [-0.39, 0.29) is 24.2 Å². The van der Waals surface area contributed by atoms with E-state index in [2.05, 4.69) is 0 Å². The molecule has 1 aliphatic heterocycles. The summed E-state index contributed by atoms with van der Waals surface area (Å²) in [4.78, 5) is 34.7. The molecule has 0 aromatic heterocycles. The van der Waals surface area contributed by atoms with Gasteiger partial charge in [-0.15, -0.1) is 0 Å². The van der Waals surface area contributed by atoms with Crippen molar-refractivity contribution in [2.24, 2.45) is 0 Å². The standard InChI is InChI=1S/C13H14N2O6/c1-7-4-8(2-3-10(7)15(20)21)12(17)14-6-9(16)5-11(14)13(18)19/h2-4,9,11,16H,5-6H2,1H3,(H,18,19). The maximum absolute atomic E-state index is 12.3. The summed E-state index contributed by atoms with van der Waals surface area (Å²) in [5.74, 6) is -1.74. The van der Waals surface area contributed by atoms with Gasteiger partial charge >= 0.3 is 5.97 Å². The Hall–Kier alpha value is -2.48. The normalized spacial score (nSPS) is 21.3. The number of aryl methyl sites for hydroxylation is 1. The molecule has 21 heavy (non-hydrogen) atoms. The summed E-state index contributed by atoms with van der Waals surface area (Å²) < 4.78 is 0. The van der Waals surface area contributed by atoms with Crippen molar-refractivity contribution in [1.29, 1.82) is 0 Å². The number of nitro groups is 1. The molecule has 0 bridgehead atoms. The summed E-state index contributed by atoms with van der Waals surface area (Å²) in [7, 11) is 0. The van der Waals surface area contributed by atoms with Crippen molar-refractivity contribution in [3.05, 3.63) is 39.4 Å². The van der Waals surface area contributed by atoms with Crippen LogP contribution in [0.15, 0.2) is 18.2 Å². The van der Waals surface area contributed by atoms with Gasteiger partial charge in [-0.3, -0.25) is 14.9 Å². The van der Waals surface area contributed by atoms with Crippen LogP contribution in [0.4, 0.5) is 5.69 Å². The summed E-state index contributed by atoms with van der Waals surface area (Å²) in [6, 6.07) is 2.77. The maximum Gasteiger partial charge on any atom is 0.326 e. The lowest BCUT2D eigenvalue weighted by Crippen LogP contribution is -2.40. The van der Waals surface area contributed by atoms with Crippen LogP contribution in [-0.4, -0.2) is 50.6 Å². The number of aliphatic hydroxyl groups excluding tert-OH is 1. The molecule has 1 amide bonds. The van der Waals surface area contributed by atoms with E-state index in [1.807, 2.05) is 0 Å². The zero-order valence-corrected chi connectivity index (χ0v) is 11.2. The average molecular weight is 294 g/mol. The fraction of sp³-hybridized carbons (Fsp3) is 0.385. The number of likely N-dealkylation sites (tertiary alicyclic amines) is 1. The minimum atomic E-state index is -1.18. The summed E-state index contributed by atoms with van der Waals surface area (Å²) >= 11 is 0. The average Bonchev–Trinajstić information content (AvgIpc) is 2.79. The summed E-state index contributed by atoms with van der Waals surface area (Å²) in [6.07, 6.45) is -0.901. The third-order valence-electron chi connectivity index (χ3n) is 3.47. The topological polar surface area (TPSA) is 121 Å². The Morgan fingerprint density at radius 1 is 1.43 bits per heavy atom. The molecular weight excluding hydrogens is 280 g/mol. The predicted molar refractivity (Wildman–Crippen MR) is 70.9 cm³/mol. The molecule has 1 fully saturated rings. The molecule has 8 heteroatoms. The Bertz CT molecular complexity index is 615. The van der Waals surface area contributed by atoms with Gasteiger partial charge in [-0.1, -0.05) is 0 Å². The van der Waals surface area contributed by atoms with Crippen molar-refractivity contribution in [3.63, 3.8) is 0 Å². The Labute approximate surface area is 119 Å². The van der Waals surface area contributed by atoms with E-state index in [1.54, 1.807) is 0 Å². The molecule has 1 aromatic rings. The first-order valence-electron chi connectivity index (χ1n) is 6.28. The van der Waals surface area contributed by atoms with Gasteiger partial charge in [0.1, 0.15) is 6.04 Å². The first kappa shape index (κ1) is 14.9. The number of hydrogen-bond acceptors (Lipinski definition) is 5. The number of benzene rings is 1. The minimum Gasteiger partial charge on any atom is -0.480 e. The molecule has 1 aromatic carbocycles. The molecule has 2 rings (SSSR count). The van der Waals surface area contributed by atoms with Crippen molar-refractivity contribution >= 4 is 17.6 Å². The molecule has 1 saturated heterocycles. The highest BCUT2D eigenvalue weighted by atomic mass is 16.6. The first-order valence-corrected chi connectivity index (χ1v) is 6.28. The number of rotatable bonds is 3. The minimum absolute atomic E-state index is 0.0208. The molecule has 0 saturated carbocycles. The molecule has 1 heterocycles. The highest BCUT2D eigenvalue weighted by Gasteiger charge is 2.39. The van der Waals surface area contributed by atoms with Crippen molar-refractivity contribution in [3.8, 4) is 0 Å². The van der Waals surface area contributed by atoms with Crippen LogP contribution in [0.5, 0.6) is 0 Å². The second-order valence-corrected chi connectivity index (χ2v) is 4.96. The second-order valence-electron chi connectivity index (χ2n) is 4.96. The highest BCUT2D eigenvalue weighted by Crippen LogP contribution is 2.24. The fourth-order valence-electron chi connectivity index (χ4n) is 2.43. The van der Waals surface area contributed by atoms with E-state index >= 15 is 0 Å². The molecule has 0 radical (unpaired) electrons. The number of nitro benzene ring substituents is 1. The Morgan fingerprint density at radius 2 is 2.10 bits per heavy atom. The second kappa shape index (κ2) is 5.49. The number of carbonyl (C=O) groups excluding carboxylic acids is 1. The number of β-amino-alcohol motifs (C(OH)–C–C–N with tert-alkyl or cyclic N) is 1. The van der Waals surface area contributed by atoms with Crippen LogP contribution < -0.4 is 0 Å². The van der Waals surface area contributed by atoms with Gasteiger partial charge in [0.05, 0.1) is 11.0 Å². The molecule has 2 N–H and O–H groups in total. The molecule has 2 unspecified atom stereocenters. The number of carbonyl (C=O) groups is 2. The Morgan fingerprint density at radius 3 is 2.62 bits per heavy atom. The number of amides is 1. The molecule has 0 aliphatic carbocycles. The summed E-state index contributed by atoms with van der Waals surface area (Å²) in [5.41, 5.74) is 0.374. The van der Waals surface area contributed by atoms with Crippen molar-refractivity contribution in [2.45, 2.75) is 25.5 Å². The van der Waals surface area contributed by atoms with Crippen LogP contribution in [0.25, 0.3) is 0 Å². The van der Waals surface area contributed by atoms with Crippen LogP contribution >= 0.6 is 0 Å². The SMILES string of the molecule is Cc1cc(C(=O)N2CC(O)CC2C(=O)O)ccc1[N+](=O)[O-]. The predicted octanol–water partition coefficient (Wildman–Crippen LogP) is 0.563. The highest BCUT2D eigenvalue weighted by molar-refractivity contribution is 5.97. The number of hydrogen-bond donors (Lipinski definition) is 2. The molecule has 0 spiro atoms. The van der Waals surface area contributed by atoms with E-state index in [0.29, 0.717) is 5.56 Å². The number of carboxylic acids is 1. The lowest BCUT2D eigenvalue weighted by atomic mass is 10.1. The largest absolute Gasteiger partial charge is 0.480 e. The number of nitrogens with zero attached hydrogens (tertiary/aromatic N) is 2. The van der Waals surface area contributed by atoms with Crippen molar-refractivity contribution < 1.29 is 24.7 Å². The summed E-state index contributed by atoms with van der Waals surface area (Å²) in [5, 5.41) is 29.4. The van der Waals surface area contributed by atoms with Gasteiger partial charge in [0.2, 0.25) is 0 Å². The van der Waals surface area contributed by atoms with Crippen LogP contribution in [-0.2, 0) is 4.79 Å². The Balaban J connectivity index is 2.29. The maximum atomic E-state index is 12.3. The van der Waals surface area contributed by atoms with Gasteiger partial charge in [-0.05, 0) is 19.1 Å². The van der Waals surface area contributed by atoms with E-state index in [1.165, 1.54) is 25.1 Å². The van der Waals surface area contributed by atoms with Crippen LogP contribution in [0, 0.1) is 17.0 Å².